The molecular formula is C27H25NO6. The van der Waals surface area contributed by atoms with Crippen molar-refractivity contribution in [2.24, 2.45) is 0 Å². The van der Waals surface area contributed by atoms with Crippen molar-refractivity contribution in [3.63, 3.8) is 0 Å². The first kappa shape index (κ1) is 23.1. The molecule has 34 heavy (non-hydrogen) atoms. The number of carbonyl (C=O) groups excluding carboxylic acids is 1. The summed E-state index contributed by atoms with van der Waals surface area (Å²) in [6.45, 7) is -0.363. The predicted octanol–water partition coefficient (Wildman–Crippen LogP) is 3.57. The average molecular weight is 459 g/mol. The van der Waals surface area contributed by atoms with Crippen LogP contribution in [-0.4, -0.2) is 37.4 Å². The summed E-state index contributed by atoms with van der Waals surface area (Å²) in [4.78, 5) is 24.8. The van der Waals surface area contributed by atoms with Crippen LogP contribution in [0, 0.1) is 0 Å². The van der Waals surface area contributed by atoms with Gasteiger partial charge in [0.1, 0.15) is 5.75 Å². The zero-order chi connectivity index (χ0) is 23.9. The first-order valence-electron chi connectivity index (χ1n) is 10.9. The van der Waals surface area contributed by atoms with E-state index in [0.29, 0.717) is 34.6 Å². The van der Waals surface area contributed by atoms with Crippen molar-refractivity contribution in [3.05, 3.63) is 94.8 Å². The van der Waals surface area contributed by atoms with Crippen molar-refractivity contribution in [1.29, 1.82) is 0 Å². The predicted molar refractivity (Wildman–Crippen MR) is 129 cm³/mol. The molecule has 1 unspecified atom stereocenters. The van der Waals surface area contributed by atoms with Crippen LogP contribution in [0.15, 0.2) is 88.1 Å². The van der Waals surface area contributed by atoms with E-state index in [4.69, 9.17) is 13.9 Å². The second kappa shape index (κ2) is 10.7. The Labute approximate surface area is 196 Å². The highest BCUT2D eigenvalue weighted by molar-refractivity contribution is 5.86. The van der Waals surface area contributed by atoms with Crippen LogP contribution in [-0.2, 0) is 11.2 Å². The molecule has 3 aromatic carbocycles. The van der Waals surface area contributed by atoms with Crippen LogP contribution in [0.25, 0.3) is 22.1 Å². The van der Waals surface area contributed by atoms with Gasteiger partial charge in [0.25, 0.3) is 5.91 Å². The zero-order valence-electron chi connectivity index (χ0n) is 18.7. The standard InChI is InChI=1S/C27H25NO6/c1-32-24-9-5-8-20-15-23(27(31)34-26(20)24)19-10-12-22(13-11-19)33-17-25(30)28-21(16-29)14-18-6-3-2-4-7-18/h2-13,15,21,29H,14,16-17H2,1H3,(H,28,30). The first-order chi connectivity index (χ1) is 16.6. The van der Waals surface area contributed by atoms with Crippen LogP contribution in [0.3, 0.4) is 0 Å². The van der Waals surface area contributed by atoms with Gasteiger partial charge in [0, 0.05) is 5.39 Å². The van der Waals surface area contributed by atoms with Crippen LogP contribution >= 0.6 is 0 Å². The van der Waals surface area contributed by atoms with Crippen LogP contribution in [0.1, 0.15) is 5.56 Å². The summed E-state index contributed by atoms with van der Waals surface area (Å²) in [7, 11) is 1.52. The molecule has 0 aliphatic carbocycles. The third-order valence-electron chi connectivity index (χ3n) is 5.39. The van der Waals surface area contributed by atoms with E-state index in [0.717, 1.165) is 10.9 Å². The number of carbonyl (C=O) groups is 1. The Morgan fingerprint density at radius 2 is 1.79 bits per heavy atom. The minimum atomic E-state index is -0.474. The van der Waals surface area contributed by atoms with Crippen molar-refractivity contribution >= 4 is 16.9 Å². The van der Waals surface area contributed by atoms with Gasteiger partial charge < -0.3 is 24.3 Å². The fourth-order valence-corrected chi connectivity index (χ4v) is 3.69. The molecule has 0 aliphatic rings. The number of amides is 1. The highest BCUT2D eigenvalue weighted by Gasteiger charge is 2.14. The van der Waals surface area contributed by atoms with E-state index in [-0.39, 0.29) is 19.1 Å². The molecule has 4 rings (SSSR count). The van der Waals surface area contributed by atoms with Gasteiger partial charge in [0.05, 0.1) is 25.3 Å². The molecule has 0 aliphatic heterocycles. The van der Waals surface area contributed by atoms with Crippen molar-refractivity contribution in [2.45, 2.75) is 12.5 Å². The molecule has 0 radical (unpaired) electrons. The molecule has 7 nitrogen and oxygen atoms in total. The summed E-state index contributed by atoms with van der Waals surface area (Å²) >= 11 is 0. The molecule has 174 valence electrons. The van der Waals surface area contributed by atoms with Crippen molar-refractivity contribution in [2.75, 3.05) is 20.3 Å². The van der Waals surface area contributed by atoms with Crippen LogP contribution in [0.5, 0.6) is 11.5 Å². The van der Waals surface area contributed by atoms with E-state index in [1.165, 1.54) is 7.11 Å². The van der Waals surface area contributed by atoms with Gasteiger partial charge in [0.2, 0.25) is 0 Å². The molecule has 1 heterocycles. The molecule has 0 bridgehead atoms. The molecule has 0 spiro atoms. The summed E-state index contributed by atoms with van der Waals surface area (Å²) in [5.41, 5.74) is 2.03. The Hall–Kier alpha value is -4.10. The lowest BCUT2D eigenvalue weighted by molar-refractivity contribution is -0.124. The van der Waals surface area contributed by atoms with Gasteiger partial charge >= 0.3 is 5.63 Å². The van der Waals surface area contributed by atoms with Gasteiger partial charge in [-0.3, -0.25) is 4.79 Å². The number of methoxy groups -OCH3 is 1. The van der Waals surface area contributed by atoms with E-state index in [1.54, 1.807) is 36.4 Å². The second-order valence-corrected chi connectivity index (χ2v) is 7.78. The lowest BCUT2D eigenvalue weighted by Gasteiger charge is -2.16. The Bertz CT molecular complexity index is 1310. The van der Waals surface area contributed by atoms with Gasteiger partial charge in [-0.25, -0.2) is 4.79 Å². The van der Waals surface area contributed by atoms with E-state index in [9.17, 15) is 14.7 Å². The average Bonchev–Trinajstić information content (AvgIpc) is 2.87. The molecule has 0 fully saturated rings. The fourth-order valence-electron chi connectivity index (χ4n) is 3.69. The monoisotopic (exact) mass is 459 g/mol. The lowest BCUT2D eigenvalue weighted by atomic mass is 10.1. The van der Waals surface area contributed by atoms with Crippen LogP contribution in [0.4, 0.5) is 0 Å². The normalized spacial score (nSPS) is 11.7. The molecule has 1 amide bonds. The number of fused-ring (bicyclic) bond motifs is 1. The number of hydrogen-bond donors (Lipinski definition) is 2. The number of ether oxygens (including phenoxy) is 2. The molecule has 4 aromatic rings. The summed E-state index contributed by atoms with van der Waals surface area (Å²) in [5.74, 6) is 0.646. The van der Waals surface area contributed by atoms with Crippen LogP contribution < -0.4 is 20.4 Å². The summed E-state index contributed by atoms with van der Waals surface area (Å²) in [6, 6.07) is 23.2. The first-order valence-corrected chi connectivity index (χ1v) is 10.9. The van der Waals surface area contributed by atoms with E-state index < -0.39 is 11.7 Å². The number of aliphatic hydroxyl groups is 1. The Morgan fingerprint density at radius 3 is 2.50 bits per heavy atom. The van der Waals surface area contributed by atoms with Crippen molar-refractivity contribution < 1.29 is 23.8 Å². The lowest BCUT2D eigenvalue weighted by Crippen LogP contribution is -2.41. The van der Waals surface area contributed by atoms with E-state index in [2.05, 4.69) is 5.32 Å². The topological polar surface area (TPSA) is 98.0 Å². The molecular weight excluding hydrogens is 434 g/mol. The Morgan fingerprint density at radius 1 is 1.03 bits per heavy atom. The second-order valence-electron chi connectivity index (χ2n) is 7.78. The van der Waals surface area contributed by atoms with Crippen LogP contribution in [0.2, 0.25) is 0 Å². The number of nitrogens with one attached hydrogen (secondary N) is 1. The number of para-hydroxylation sites is 1. The fraction of sp³-hybridized carbons (Fsp3) is 0.185. The number of benzene rings is 3. The molecule has 0 saturated heterocycles. The zero-order valence-corrected chi connectivity index (χ0v) is 18.7. The highest BCUT2D eigenvalue weighted by atomic mass is 16.5. The summed E-state index contributed by atoms with van der Waals surface area (Å²) in [5, 5.41) is 13.1. The van der Waals surface area contributed by atoms with Gasteiger partial charge in [-0.2, -0.15) is 0 Å². The van der Waals surface area contributed by atoms with Gasteiger partial charge in [-0.1, -0.05) is 54.6 Å². The minimum absolute atomic E-state index is 0.171. The summed E-state index contributed by atoms with van der Waals surface area (Å²) in [6.07, 6.45) is 0.526. The summed E-state index contributed by atoms with van der Waals surface area (Å²) < 4.78 is 16.3. The third-order valence-corrected chi connectivity index (χ3v) is 5.39. The Kier molecular flexibility index (Phi) is 7.25. The maximum Gasteiger partial charge on any atom is 0.344 e. The quantitative estimate of drug-likeness (QED) is 0.372. The SMILES string of the molecule is COc1cccc2cc(-c3ccc(OCC(=O)NC(CO)Cc4ccccc4)cc3)c(=O)oc12. The van der Waals surface area contributed by atoms with Gasteiger partial charge in [-0.15, -0.1) is 0 Å². The largest absolute Gasteiger partial charge is 0.493 e. The molecule has 2 N–H and O–H groups in total. The van der Waals surface area contributed by atoms with Gasteiger partial charge in [0.15, 0.2) is 17.9 Å². The van der Waals surface area contributed by atoms with E-state index >= 15 is 0 Å². The number of aliphatic hydroxyl groups excluding tert-OH is 1. The third kappa shape index (κ3) is 5.44. The molecule has 7 heteroatoms. The Balaban J connectivity index is 1.39. The van der Waals surface area contributed by atoms with Crippen molar-refractivity contribution in [3.8, 4) is 22.6 Å². The molecule has 1 atom stereocenters. The minimum Gasteiger partial charge on any atom is -0.493 e. The van der Waals surface area contributed by atoms with Crippen molar-refractivity contribution in [1.82, 2.24) is 5.32 Å². The number of rotatable bonds is 9. The van der Waals surface area contributed by atoms with Gasteiger partial charge in [-0.05, 0) is 41.8 Å². The molecule has 0 saturated carbocycles. The maximum absolute atomic E-state index is 12.5. The smallest absolute Gasteiger partial charge is 0.344 e. The molecule has 1 aromatic heterocycles. The number of hydrogen-bond acceptors (Lipinski definition) is 6. The maximum atomic E-state index is 12.5. The van der Waals surface area contributed by atoms with E-state index in [1.807, 2.05) is 42.5 Å². The highest BCUT2D eigenvalue weighted by Crippen LogP contribution is 2.28.